The molecule has 0 radical (unpaired) electrons. The van der Waals surface area contributed by atoms with E-state index in [0.29, 0.717) is 16.3 Å². The van der Waals surface area contributed by atoms with Gasteiger partial charge in [0.15, 0.2) is 0 Å². The van der Waals surface area contributed by atoms with Crippen LogP contribution < -0.4 is 5.32 Å². The molecule has 0 bridgehead atoms. The minimum absolute atomic E-state index is 0.00951. The molecular formula is C18H14ClF2N. The molecule has 112 valence electrons. The molecule has 1 aliphatic carbocycles. The van der Waals surface area contributed by atoms with Gasteiger partial charge in [0.25, 0.3) is 0 Å². The SMILES string of the molecule is Fc1cc(F)c2c(c1)[C@@H]1C=CC[C@H]1[C@@H](c1ccc(Cl)cc1)N2. The fraction of sp³-hybridized carbons (Fsp3) is 0.222. The number of rotatable bonds is 1. The Kier molecular flexibility index (Phi) is 3.19. The maximum Gasteiger partial charge on any atom is 0.149 e. The fourth-order valence-corrected chi connectivity index (χ4v) is 3.75. The summed E-state index contributed by atoms with van der Waals surface area (Å²) >= 11 is 5.95. The lowest BCUT2D eigenvalue weighted by atomic mass is 9.77. The zero-order valence-electron chi connectivity index (χ0n) is 11.7. The number of anilines is 1. The molecule has 0 fully saturated rings. The molecule has 4 heteroatoms. The molecule has 0 saturated carbocycles. The average molecular weight is 318 g/mol. The van der Waals surface area contributed by atoms with Crippen molar-refractivity contribution in [2.24, 2.45) is 5.92 Å². The first-order chi connectivity index (χ1) is 10.6. The molecule has 3 atom stereocenters. The van der Waals surface area contributed by atoms with Crippen LogP contribution in [-0.2, 0) is 0 Å². The van der Waals surface area contributed by atoms with Gasteiger partial charge in [0.05, 0.1) is 11.7 Å². The van der Waals surface area contributed by atoms with Gasteiger partial charge in [-0.25, -0.2) is 8.78 Å². The predicted octanol–water partition coefficient (Wildman–Crippen LogP) is 5.44. The van der Waals surface area contributed by atoms with Crippen molar-refractivity contribution in [3.05, 3.63) is 76.3 Å². The number of benzene rings is 2. The highest BCUT2D eigenvalue weighted by molar-refractivity contribution is 6.30. The fourth-order valence-electron chi connectivity index (χ4n) is 3.62. The summed E-state index contributed by atoms with van der Waals surface area (Å²) < 4.78 is 27.8. The van der Waals surface area contributed by atoms with Crippen molar-refractivity contribution in [1.29, 1.82) is 0 Å². The third kappa shape index (κ3) is 2.12. The van der Waals surface area contributed by atoms with Crippen molar-refractivity contribution in [3.63, 3.8) is 0 Å². The van der Waals surface area contributed by atoms with Crippen molar-refractivity contribution < 1.29 is 8.78 Å². The Balaban J connectivity index is 1.82. The molecular weight excluding hydrogens is 304 g/mol. The van der Waals surface area contributed by atoms with Crippen molar-refractivity contribution >= 4 is 17.3 Å². The van der Waals surface area contributed by atoms with Gasteiger partial charge in [0.1, 0.15) is 11.6 Å². The van der Waals surface area contributed by atoms with Gasteiger partial charge in [-0.3, -0.25) is 0 Å². The first-order valence-corrected chi connectivity index (χ1v) is 7.69. The van der Waals surface area contributed by atoms with Crippen molar-refractivity contribution in [2.45, 2.75) is 18.4 Å². The van der Waals surface area contributed by atoms with E-state index in [0.717, 1.165) is 18.1 Å². The quantitative estimate of drug-likeness (QED) is 0.690. The first kappa shape index (κ1) is 13.8. The number of nitrogens with one attached hydrogen (secondary N) is 1. The second-order valence-corrected chi connectivity index (χ2v) is 6.32. The molecule has 1 aliphatic heterocycles. The molecule has 0 aromatic heterocycles. The highest BCUT2D eigenvalue weighted by Gasteiger charge is 2.39. The standard InChI is InChI=1S/C18H14ClF2N/c19-11-6-4-10(5-7-11)17-14-3-1-2-13(14)15-8-12(20)9-16(21)18(15)22-17/h1-2,4-9,13-14,17,22H,3H2/t13-,14-,17-/m1/s1. The van der Waals surface area contributed by atoms with E-state index in [9.17, 15) is 8.78 Å². The molecule has 0 spiro atoms. The van der Waals surface area contributed by atoms with Gasteiger partial charge in [0.2, 0.25) is 0 Å². The third-order valence-corrected chi connectivity index (χ3v) is 4.87. The third-order valence-electron chi connectivity index (χ3n) is 4.61. The van der Waals surface area contributed by atoms with E-state index in [-0.39, 0.29) is 17.9 Å². The summed E-state index contributed by atoms with van der Waals surface area (Å²) in [5, 5.41) is 3.95. The number of hydrogen-bond donors (Lipinski definition) is 1. The summed E-state index contributed by atoms with van der Waals surface area (Å²) in [6.45, 7) is 0. The second-order valence-electron chi connectivity index (χ2n) is 5.88. The van der Waals surface area contributed by atoms with E-state index < -0.39 is 11.6 Å². The maximum absolute atomic E-state index is 14.2. The Labute approximate surface area is 132 Å². The van der Waals surface area contributed by atoms with E-state index >= 15 is 0 Å². The predicted molar refractivity (Wildman–Crippen MR) is 84.2 cm³/mol. The van der Waals surface area contributed by atoms with Crippen LogP contribution in [0.4, 0.5) is 14.5 Å². The minimum Gasteiger partial charge on any atom is -0.375 e. The highest BCUT2D eigenvalue weighted by Crippen LogP contribution is 2.50. The smallest absolute Gasteiger partial charge is 0.149 e. The molecule has 2 aliphatic rings. The molecule has 2 aromatic rings. The van der Waals surface area contributed by atoms with E-state index in [1.54, 1.807) is 0 Å². The Morgan fingerprint density at radius 3 is 2.64 bits per heavy atom. The first-order valence-electron chi connectivity index (χ1n) is 7.31. The second kappa shape index (κ2) is 5.10. The van der Waals surface area contributed by atoms with Gasteiger partial charge < -0.3 is 5.32 Å². The lowest BCUT2D eigenvalue weighted by molar-refractivity contribution is 0.418. The zero-order chi connectivity index (χ0) is 15.3. The lowest BCUT2D eigenvalue weighted by Gasteiger charge is -2.37. The minimum atomic E-state index is -0.535. The van der Waals surface area contributed by atoms with Gasteiger partial charge in [0, 0.05) is 17.0 Å². The van der Waals surface area contributed by atoms with Gasteiger partial charge in [-0.15, -0.1) is 0 Å². The van der Waals surface area contributed by atoms with Crippen LogP contribution in [0.2, 0.25) is 5.02 Å². The Morgan fingerprint density at radius 2 is 1.86 bits per heavy atom. The van der Waals surface area contributed by atoms with Crippen molar-refractivity contribution in [3.8, 4) is 0 Å². The summed E-state index contributed by atoms with van der Waals surface area (Å²) in [6.07, 6.45) is 5.05. The summed E-state index contributed by atoms with van der Waals surface area (Å²) in [5.41, 5.74) is 2.19. The van der Waals surface area contributed by atoms with Crippen LogP contribution in [-0.4, -0.2) is 0 Å². The van der Waals surface area contributed by atoms with Crippen molar-refractivity contribution in [2.75, 3.05) is 5.32 Å². The monoisotopic (exact) mass is 317 g/mol. The summed E-state index contributed by atoms with van der Waals surface area (Å²) in [5.74, 6) is -0.758. The Bertz CT molecular complexity index is 754. The topological polar surface area (TPSA) is 12.0 Å². The lowest BCUT2D eigenvalue weighted by Crippen LogP contribution is -2.29. The average Bonchev–Trinajstić information content (AvgIpc) is 2.97. The van der Waals surface area contributed by atoms with Crippen LogP contribution in [0.25, 0.3) is 0 Å². The largest absolute Gasteiger partial charge is 0.375 e. The van der Waals surface area contributed by atoms with E-state index in [1.165, 1.54) is 6.07 Å². The van der Waals surface area contributed by atoms with Crippen molar-refractivity contribution in [1.82, 2.24) is 0 Å². The molecule has 22 heavy (non-hydrogen) atoms. The molecule has 0 saturated heterocycles. The van der Waals surface area contributed by atoms with Crippen LogP contribution >= 0.6 is 11.6 Å². The molecule has 1 N–H and O–H groups in total. The number of halogens is 3. The molecule has 1 nitrogen and oxygen atoms in total. The zero-order valence-corrected chi connectivity index (χ0v) is 12.4. The van der Waals surface area contributed by atoms with Crippen LogP contribution in [0.5, 0.6) is 0 Å². The number of allylic oxidation sites excluding steroid dienone is 2. The van der Waals surface area contributed by atoms with E-state index in [2.05, 4.69) is 17.5 Å². The Morgan fingerprint density at radius 1 is 1.09 bits per heavy atom. The van der Waals surface area contributed by atoms with Crippen LogP contribution in [0, 0.1) is 17.6 Å². The van der Waals surface area contributed by atoms with Gasteiger partial charge >= 0.3 is 0 Å². The molecule has 1 heterocycles. The summed E-state index contributed by atoms with van der Waals surface area (Å²) in [6, 6.07) is 9.97. The summed E-state index contributed by atoms with van der Waals surface area (Å²) in [4.78, 5) is 0. The molecule has 4 rings (SSSR count). The van der Waals surface area contributed by atoms with Crippen LogP contribution in [0.1, 0.15) is 29.5 Å². The summed E-state index contributed by atoms with van der Waals surface area (Å²) in [7, 11) is 0. The molecule has 2 aromatic carbocycles. The molecule has 0 amide bonds. The molecule has 0 unspecified atom stereocenters. The van der Waals surface area contributed by atoms with Gasteiger partial charge in [-0.1, -0.05) is 35.9 Å². The number of hydrogen-bond acceptors (Lipinski definition) is 1. The normalized spacial score (nSPS) is 25.5. The van der Waals surface area contributed by atoms with Gasteiger partial charge in [-0.05, 0) is 41.7 Å². The Hall–Kier alpha value is -1.87. The number of fused-ring (bicyclic) bond motifs is 3. The highest BCUT2D eigenvalue weighted by atomic mass is 35.5. The van der Waals surface area contributed by atoms with Gasteiger partial charge in [-0.2, -0.15) is 0 Å². The van der Waals surface area contributed by atoms with Crippen LogP contribution in [0.3, 0.4) is 0 Å². The van der Waals surface area contributed by atoms with Crippen LogP contribution in [0.15, 0.2) is 48.6 Å². The van der Waals surface area contributed by atoms with E-state index in [1.807, 2.05) is 24.3 Å². The van der Waals surface area contributed by atoms with E-state index in [4.69, 9.17) is 11.6 Å². The maximum atomic E-state index is 14.2.